The molecule has 1 aromatic heterocycles. The van der Waals surface area contributed by atoms with Crippen molar-refractivity contribution < 1.29 is 14.3 Å². The fraction of sp³-hybridized carbons (Fsp3) is 0.259. The van der Waals surface area contributed by atoms with Gasteiger partial charge in [0.1, 0.15) is 11.4 Å². The van der Waals surface area contributed by atoms with Crippen LogP contribution in [0.5, 0.6) is 5.75 Å². The molecule has 1 aliphatic rings. The molecule has 0 fully saturated rings. The summed E-state index contributed by atoms with van der Waals surface area (Å²) in [5.74, 6) is -0.269. The van der Waals surface area contributed by atoms with Crippen molar-refractivity contribution in [3.63, 3.8) is 0 Å². The second-order valence-electron chi connectivity index (χ2n) is 9.26. The highest BCUT2D eigenvalue weighted by Gasteiger charge is 2.42. The van der Waals surface area contributed by atoms with Gasteiger partial charge in [0.15, 0.2) is 0 Å². The molecule has 33 heavy (non-hydrogen) atoms. The highest BCUT2D eigenvalue weighted by atomic mass is 32.1. The van der Waals surface area contributed by atoms with Crippen molar-refractivity contribution in [3.8, 4) is 5.75 Å². The minimum Gasteiger partial charge on any atom is -0.489 e. The average Bonchev–Trinajstić information content (AvgIpc) is 3.35. The molecule has 0 spiro atoms. The van der Waals surface area contributed by atoms with Gasteiger partial charge in [-0.25, -0.2) is 4.90 Å². The molecule has 3 aromatic rings. The van der Waals surface area contributed by atoms with Crippen molar-refractivity contribution in [2.45, 2.75) is 46.1 Å². The van der Waals surface area contributed by atoms with E-state index >= 15 is 0 Å². The number of benzene rings is 2. The number of para-hydroxylation sites is 2. The summed E-state index contributed by atoms with van der Waals surface area (Å²) in [5, 5.41) is 5.13. The Hall–Kier alpha value is -3.38. The highest BCUT2D eigenvalue weighted by Crippen LogP contribution is 2.39. The molecule has 2 aromatic carbocycles. The summed E-state index contributed by atoms with van der Waals surface area (Å²) in [6, 6.07) is 18.8. The Morgan fingerprint density at radius 3 is 2.21 bits per heavy atom. The molecule has 0 atom stereocenters. The first-order chi connectivity index (χ1) is 15.7. The first-order valence-electron chi connectivity index (χ1n) is 11.0. The van der Waals surface area contributed by atoms with Crippen LogP contribution in [0.3, 0.4) is 0 Å². The molecule has 2 amide bonds. The minimum atomic E-state index is -0.400. The average molecular weight is 461 g/mol. The van der Waals surface area contributed by atoms with Crippen LogP contribution in [-0.2, 0) is 15.0 Å². The maximum atomic E-state index is 13.6. The van der Waals surface area contributed by atoms with Crippen LogP contribution in [0, 0.1) is 0 Å². The van der Waals surface area contributed by atoms with Crippen LogP contribution in [0.15, 0.2) is 71.7 Å². The fourth-order valence-corrected chi connectivity index (χ4v) is 4.48. The summed E-state index contributed by atoms with van der Waals surface area (Å²) in [6.45, 7) is 10.3. The van der Waals surface area contributed by atoms with Gasteiger partial charge < -0.3 is 10.1 Å². The normalized spacial score (nSPS) is 14.4. The topological polar surface area (TPSA) is 58.6 Å². The number of thiophene rings is 1. The molecule has 0 bridgehead atoms. The number of amides is 2. The van der Waals surface area contributed by atoms with E-state index < -0.39 is 5.91 Å². The third-order valence-electron chi connectivity index (χ3n) is 5.34. The number of carbonyl (C=O) groups excluding carboxylic acids is 2. The number of nitrogens with zero attached hydrogens (tertiary/aromatic N) is 1. The van der Waals surface area contributed by atoms with Crippen molar-refractivity contribution in [1.82, 2.24) is 0 Å². The van der Waals surface area contributed by atoms with Gasteiger partial charge in [-0.3, -0.25) is 9.59 Å². The van der Waals surface area contributed by atoms with E-state index in [0.29, 0.717) is 17.0 Å². The number of rotatable bonds is 6. The second-order valence-corrected chi connectivity index (χ2v) is 10.2. The van der Waals surface area contributed by atoms with E-state index in [2.05, 4.69) is 26.1 Å². The lowest BCUT2D eigenvalue weighted by Crippen LogP contribution is -2.33. The van der Waals surface area contributed by atoms with Gasteiger partial charge in [0.05, 0.1) is 17.4 Å². The summed E-state index contributed by atoms with van der Waals surface area (Å²) < 4.78 is 5.90. The van der Waals surface area contributed by atoms with E-state index in [1.165, 1.54) is 21.8 Å². The molecule has 4 rings (SSSR count). The molecule has 1 aliphatic heterocycles. The molecule has 0 saturated carbocycles. The zero-order valence-electron chi connectivity index (χ0n) is 19.5. The summed E-state index contributed by atoms with van der Waals surface area (Å²) in [4.78, 5) is 29.2. The summed E-state index contributed by atoms with van der Waals surface area (Å²) in [6.07, 6.45) is -0.0948. The summed E-state index contributed by atoms with van der Waals surface area (Å²) in [7, 11) is 0. The third-order valence-corrected chi connectivity index (χ3v) is 6.23. The zero-order chi connectivity index (χ0) is 23.8. The number of hydrogen-bond donors (Lipinski definition) is 1. The number of hydrogen-bond acceptors (Lipinski definition) is 5. The molecular formula is C27H28N2O3S. The lowest BCUT2D eigenvalue weighted by molar-refractivity contribution is -0.120. The Morgan fingerprint density at radius 2 is 1.61 bits per heavy atom. The molecule has 1 N–H and O–H groups in total. The number of nitrogens with one attached hydrogen (secondary N) is 1. The molecular weight excluding hydrogens is 432 g/mol. The van der Waals surface area contributed by atoms with E-state index in [4.69, 9.17) is 4.74 Å². The van der Waals surface area contributed by atoms with E-state index in [1.54, 1.807) is 18.2 Å². The Balaban J connectivity index is 1.75. The van der Waals surface area contributed by atoms with Crippen molar-refractivity contribution >= 4 is 40.1 Å². The van der Waals surface area contributed by atoms with Crippen LogP contribution in [-0.4, -0.2) is 17.9 Å². The van der Waals surface area contributed by atoms with Crippen molar-refractivity contribution in [1.29, 1.82) is 0 Å². The predicted octanol–water partition coefficient (Wildman–Crippen LogP) is 6.23. The Kier molecular flexibility index (Phi) is 6.13. The first-order valence-corrected chi connectivity index (χ1v) is 11.8. The first kappa shape index (κ1) is 22.8. The van der Waals surface area contributed by atoms with Gasteiger partial charge in [-0.2, -0.15) is 0 Å². The second kappa shape index (κ2) is 8.87. The maximum Gasteiger partial charge on any atom is 0.282 e. The van der Waals surface area contributed by atoms with Crippen LogP contribution >= 0.6 is 11.3 Å². The number of ether oxygens (including phenoxy) is 1. The predicted molar refractivity (Wildman–Crippen MR) is 135 cm³/mol. The summed E-state index contributed by atoms with van der Waals surface area (Å²) >= 11 is 1.43. The number of anilines is 2. The van der Waals surface area contributed by atoms with Crippen LogP contribution < -0.4 is 15.0 Å². The minimum absolute atomic E-state index is 0.0238. The third kappa shape index (κ3) is 4.57. The number of carbonyl (C=O) groups is 2. The SMILES string of the molecule is CC(C)Oc1ccccc1N1C(=O)C(Nc2ccc(C(C)(C)C)cc2)=C(c2cccs2)C1=O. The number of imide groups is 1. The van der Waals surface area contributed by atoms with Crippen molar-refractivity contribution in [2.75, 3.05) is 10.2 Å². The van der Waals surface area contributed by atoms with Crippen LogP contribution in [0.2, 0.25) is 0 Å². The van der Waals surface area contributed by atoms with Crippen molar-refractivity contribution in [2.24, 2.45) is 0 Å². The molecule has 0 aliphatic carbocycles. The standard InChI is InChI=1S/C27H28N2O3S/c1-17(2)32-21-10-7-6-9-20(21)29-25(30)23(22-11-8-16-33-22)24(26(29)31)28-19-14-12-18(13-15-19)27(3,4)5/h6-17,28H,1-5H3. The van der Waals surface area contributed by atoms with Crippen molar-refractivity contribution in [3.05, 3.63) is 82.2 Å². The lowest BCUT2D eigenvalue weighted by atomic mass is 9.87. The smallest absolute Gasteiger partial charge is 0.282 e. The lowest BCUT2D eigenvalue weighted by Gasteiger charge is -2.21. The van der Waals surface area contributed by atoms with Gasteiger partial charge in [-0.1, -0.05) is 51.1 Å². The Bertz CT molecular complexity index is 1200. The van der Waals surface area contributed by atoms with E-state index in [-0.39, 0.29) is 23.1 Å². The highest BCUT2D eigenvalue weighted by molar-refractivity contribution is 7.11. The Labute approximate surface area is 198 Å². The zero-order valence-corrected chi connectivity index (χ0v) is 20.3. The Morgan fingerprint density at radius 1 is 0.909 bits per heavy atom. The molecule has 6 heteroatoms. The van der Waals surface area contributed by atoms with Gasteiger partial charge in [0.25, 0.3) is 11.8 Å². The monoisotopic (exact) mass is 460 g/mol. The molecule has 0 radical (unpaired) electrons. The molecule has 0 unspecified atom stereocenters. The van der Waals surface area contributed by atoms with Crippen LogP contribution in [0.1, 0.15) is 45.1 Å². The summed E-state index contributed by atoms with van der Waals surface area (Å²) in [5.41, 5.74) is 3.04. The van der Waals surface area contributed by atoms with Gasteiger partial charge in [0, 0.05) is 10.6 Å². The van der Waals surface area contributed by atoms with E-state index in [1.807, 2.05) is 61.7 Å². The quantitative estimate of drug-likeness (QED) is 0.443. The van der Waals surface area contributed by atoms with Crippen LogP contribution in [0.4, 0.5) is 11.4 Å². The fourth-order valence-electron chi connectivity index (χ4n) is 3.71. The van der Waals surface area contributed by atoms with E-state index in [9.17, 15) is 9.59 Å². The molecule has 0 saturated heterocycles. The maximum absolute atomic E-state index is 13.6. The molecule has 5 nitrogen and oxygen atoms in total. The largest absolute Gasteiger partial charge is 0.489 e. The van der Waals surface area contributed by atoms with Gasteiger partial charge in [-0.05, 0) is 60.5 Å². The molecule has 170 valence electrons. The van der Waals surface area contributed by atoms with Gasteiger partial charge >= 0.3 is 0 Å². The molecule has 2 heterocycles. The van der Waals surface area contributed by atoms with Gasteiger partial charge in [0.2, 0.25) is 0 Å². The van der Waals surface area contributed by atoms with E-state index in [0.717, 1.165) is 10.6 Å². The van der Waals surface area contributed by atoms with Crippen LogP contribution in [0.25, 0.3) is 5.57 Å². The van der Waals surface area contributed by atoms with Gasteiger partial charge in [-0.15, -0.1) is 11.3 Å².